The number of benzene rings is 1. The predicted molar refractivity (Wildman–Crippen MR) is 109 cm³/mol. The van der Waals surface area contributed by atoms with Crippen LogP contribution in [0.3, 0.4) is 0 Å². The van der Waals surface area contributed by atoms with Crippen molar-refractivity contribution in [3.05, 3.63) is 40.9 Å². The average molecular weight is 392 g/mol. The fourth-order valence-corrected chi connectivity index (χ4v) is 3.19. The van der Waals surface area contributed by atoms with Crippen molar-refractivity contribution in [2.45, 2.75) is 25.8 Å². The molecular formula is C18H22ClN5OS. The van der Waals surface area contributed by atoms with Gasteiger partial charge in [-0.2, -0.15) is 9.97 Å². The lowest BCUT2D eigenvalue weighted by Crippen LogP contribution is -2.31. The molecule has 1 aromatic heterocycles. The van der Waals surface area contributed by atoms with Crippen LogP contribution in [0.4, 0.5) is 11.8 Å². The van der Waals surface area contributed by atoms with Gasteiger partial charge in [-0.05, 0) is 43.1 Å². The lowest BCUT2D eigenvalue weighted by atomic mass is 10.1. The number of rotatable bonds is 5. The lowest BCUT2D eigenvalue weighted by molar-refractivity contribution is 0.397. The zero-order valence-corrected chi connectivity index (χ0v) is 16.2. The van der Waals surface area contributed by atoms with Gasteiger partial charge in [-0.3, -0.25) is 0 Å². The molecule has 1 aromatic carbocycles. The van der Waals surface area contributed by atoms with Crippen LogP contribution in [0.1, 0.15) is 24.8 Å². The second-order valence-electron chi connectivity index (χ2n) is 6.04. The third-order valence-electron chi connectivity index (χ3n) is 4.20. The molecular weight excluding hydrogens is 370 g/mol. The summed E-state index contributed by atoms with van der Waals surface area (Å²) in [5, 5.41) is 7.30. The summed E-state index contributed by atoms with van der Waals surface area (Å²) in [6.07, 6.45) is 3.61. The fourth-order valence-electron chi connectivity index (χ4n) is 2.82. The zero-order valence-electron chi connectivity index (χ0n) is 14.7. The first-order valence-electron chi connectivity index (χ1n) is 8.62. The van der Waals surface area contributed by atoms with Crippen LogP contribution in [0.2, 0.25) is 5.02 Å². The van der Waals surface area contributed by atoms with E-state index in [0.717, 1.165) is 24.5 Å². The van der Waals surface area contributed by atoms with Gasteiger partial charge < -0.3 is 20.3 Å². The summed E-state index contributed by atoms with van der Waals surface area (Å²) in [5.74, 6) is 1.78. The van der Waals surface area contributed by atoms with Crippen molar-refractivity contribution in [2.75, 3.05) is 30.4 Å². The molecule has 1 fully saturated rings. The van der Waals surface area contributed by atoms with Crippen molar-refractivity contribution in [2.24, 2.45) is 0 Å². The van der Waals surface area contributed by atoms with Crippen molar-refractivity contribution < 1.29 is 4.74 Å². The van der Waals surface area contributed by atoms with Crippen molar-refractivity contribution >= 4 is 40.7 Å². The zero-order chi connectivity index (χ0) is 18.4. The highest BCUT2D eigenvalue weighted by Gasteiger charge is 2.15. The SMILES string of the molecule is COc1cc(N2CCCCC2)nc(NC(=S)NCc2ccccc2Cl)n1. The molecule has 1 saturated heterocycles. The van der Waals surface area contributed by atoms with Gasteiger partial charge in [-0.1, -0.05) is 29.8 Å². The number of piperidine rings is 1. The largest absolute Gasteiger partial charge is 0.481 e. The van der Waals surface area contributed by atoms with Gasteiger partial charge >= 0.3 is 0 Å². The molecule has 0 saturated carbocycles. The highest BCUT2D eigenvalue weighted by molar-refractivity contribution is 7.80. The van der Waals surface area contributed by atoms with Crippen LogP contribution in [0, 0.1) is 0 Å². The summed E-state index contributed by atoms with van der Waals surface area (Å²) in [7, 11) is 1.60. The molecule has 0 unspecified atom stereocenters. The maximum Gasteiger partial charge on any atom is 0.234 e. The summed E-state index contributed by atoms with van der Waals surface area (Å²) in [4.78, 5) is 11.2. The number of hydrogen-bond acceptors (Lipinski definition) is 5. The summed E-state index contributed by atoms with van der Waals surface area (Å²) < 4.78 is 5.31. The van der Waals surface area contributed by atoms with Crippen molar-refractivity contribution in [3.63, 3.8) is 0 Å². The Labute approximate surface area is 163 Å². The first-order chi connectivity index (χ1) is 12.7. The lowest BCUT2D eigenvalue weighted by Gasteiger charge is -2.28. The van der Waals surface area contributed by atoms with Crippen LogP contribution >= 0.6 is 23.8 Å². The predicted octanol–water partition coefficient (Wildman–Crippen LogP) is 3.62. The van der Waals surface area contributed by atoms with Crippen LogP contribution in [-0.4, -0.2) is 35.3 Å². The van der Waals surface area contributed by atoms with Gasteiger partial charge in [0.1, 0.15) is 5.82 Å². The van der Waals surface area contributed by atoms with Crippen molar-refractivity contribution in [1.82, 2.24) is 15.3 Å². The standard InChI is InChI=1S/C18H22ClN5OS/c1-25-16-11-15(24-9-5-2-6-10-24)21-17(22-16)23-18(26)20-12-13-7-3-4-8-14(13)19/h3-4,7-8,11H,2,5-6,9-10,12H2,1H3,(H2,20,21,22,23,26). The molecule has 0 bridgehead atoms. The van der Waals surface area contributed by atoms with Crippen LogP contribution in [-0.2, 0) is 6.54 Å². The number of anilines is 2. The monoisotopic (exact) mass is 391 g/mol. The summed E-state index contributed by atoms with van der Waals surface area (Å²) in [6, 6.07) is 9.50. The Hall–Kier alpha value is -2.12. The maximum atomic E-state index is 6.16. The van der Waals surface area contributed by atoms with Crippen LogP contribution in [0.15, 0.2) is 30.3 Å². The molecule has 0 spiro atoms. The van der Waals surface area contributed by atoms with Crippen LogP contribution in [0.25, 0.3) is 0 Å². The van der Waals surface area contributed by atoms with E-state index in [1.807, 2.05) is 30.3 Å². The highest BCUT2D eigenvalue weighted by Crippen LogP contribution is 2.23. The Balaban J connectivity index is 1.66. The smallest absolute Gasteiger partial charge is 0.234 e. The van der Waals surface area contributed by atoms with Crippen molar-refractivity contribution in [1.29, 1.82) is 0 Å². The summed E-state index contributed by atoms with van der Waals surface area (Å²) >= 11 is 11.5. The van der Waals surface area contributed by atoms with E-state index in [1.165, 1.54) is 19.3 Å². The molecule has 2 aromatic rings. The van der Waals surface area contributed by atoms with E-state index in [9.17, 15) is 0 Å². The second kappa shape index (κ2) is 9.00. The molecule has 1 aliphatic heterocycles. The molecule has 0 amide bonds. The van der Waals surface area contributed by atoms with E-state index < -0.39 is 0 Å². The number of aromatic nitrogens is 2. The number of nitrogens with one attached hydrogen (secondary N) is 2. The van der Waals surface area contributed by atoms with Gasteiger partial charge in [0.2, 0.25) is 11.8 Å². The average Bonchev–Trinajstić information content (AvgIpc) is 2.67. The molecule has 1 aliphatic rings. The van der Waals surface area contributed by atoms with Gasteiger partial charge in [0, 0.05) is 30.7 Å². The Kier molecular flexibility index (Phi) is 6.46. The van der Waals surface area contributed by atoms with E-state index in [4.69, 9.17) is 28.6 Å². The number of ether oxygens (including phenoxy) is 1. The Morgan fingerprint density at radius 2 is 2.00 bits per heavy atom. The van der Waals surface area contributed by atoms with E-state index in [1.54, 1.807) is 7.11 Å². The fraction of sp³-hybridized carbons (Fsp3) is 0.389. The highest BCUT2D eigenvalue weighted by atomic mass is 35.5. The number of halogens is 1. The van der Waals surface area contributed by atoms with E-state index >= 15 is 0 Å². The van der Waals surface area contributed by atoms with Gasteiger partial charge in [0.05, 0.1) is 7.11 Å². The molecule has 138 valence electrons. The molecule has 3 rings (SSSR count). The van der Waals surface area contributed by atoms with E-state index in [0.29, 0.717) is 28.5 Å². The Morgan fingerprint density at radius 3 is 2.73 bits per heavy atom. The molecule has 2 heterocycles. The molecule has 2 N–H and O–H groups in total. The minimum atomic E-state index is 0.418. The van der Waals surface area contributed by atoms with Gasteiger partial charge in [0.15, 0.2) is 5.11 Å². The Bertz CT molecular complexity index is 767. The van der Waals surface area contributed by atoms with Crippen LogP contribution in [0.5, 0.6) is 5.88 Å². The van der Waals surface area contributed by atoms with Crippen molar-refractivity contribution in [3.8, 4) is 5.88 Å². The first kappa shape index (κ1) is 18.7. The molecule has 0 aliphatic carbocycles. The normalized spacial score (nSPS) is 14.0. The number of hydrogen-bond donors (Lipinski definition) is 2. The molecule has 8 heteroatoms. The number of nitrogens with zero attached hydrogens (tertiary/aromatic N) is 3. The quantitative estimate of drug-likeness (QED) is 0.755. The third-order valence-corrected chi connectivity index (χ3v) is 4.82. The second-order valence-corrected chi connectivity index (χ2v) is 6.85. The maximum absolute atomic E-state index is 6.16. The minimum absolute atomic E-state index is 0.418. The first-order valence-corrected chi connectivity index (χ1v) is 9.40. The molecule has 0 radical (unpaired) electrons. The molecule has 6 nitrogen and oxygen atoms in total. The Morgan fingerprint density at radius 1 is 1.23 bits per heavy atom. The van der Waals surface area contributed by atoms with Gasteiger partial charge in [-0.15, -0.1) is 0 Å². The number of methoxy groups -OCH3 is 1. The topological polar surface area (TPSA) is 62.3 Å². The minimum Gasteiger partial charge on any atom is -0.481 e. The molecule has 0 atom stereocenters. The summed E-state index contributed by atoms with van der Waals surface area (Å²) in [5.41, 5.74) is 0.971. The molecule has 26 heavy (non-hydrogen) atoms. The van der Waals surface area contributed by atoms with Crippen LogP contribution < -0.4 is 20.3 Å². The van der Waals surface area contributed by atoms with Gasteiger partial charge in [-0.25, -0.2) is 0 Å². The third kappa shape index (κ3) is 4.95. The van der Waals surface area contributed by atoms with E-state index in [-0.39, 0.29) is 0 Å². The number of thiocarbonyl (C=S) groups is 1. The summed E-state index contributed by atoms with van der Waals surface area (Å²) in [6.45, 7) is 2.51. The van der Waals surface area contributed by atoms with Gasteiger partial charge in [0.25, 0.3) is 0 Å². The van der Waals surface area contributed by atoms with E-state index in [2.05, 4.69) is 25.5 Å².